The summed E-state index contributed by atoms with van der Waals surface area (Å²) in [6.07, 6.45) is 0. The van der Waals surface area contributed by atoms with Crippen LogP contribution in [0.3, 0.4) is 0 Å². The van der Waals surface area contributed by atoms with Crippen LogP contribution in [-0.2, 0) is 10.0 Å². The fourth-order valence-electron chi connectivity index (χ4n) is 2.27. The molecule has 0 fully saturated rings. The summed E-state index contributed by atoms with van der Waals surface area (Å²) < 4.78 is 33.1. The van der Waals surface area contributed by atoms with Gasteiger partial charge >= 0.3 is 0 Å². The van der Waals surface area contributed by atoms with Crippen molar-refractivity contribution in [1.82, 2.24) is 4.72 Å². The number of hydrogen-bond donors (Lipinski definition) is 2. The van der Waals surface area contributed by atoms with Crippen molar-refractivity contribution in [3.05, 3.63) is 52.0 Å². The van der Waals surface area contributed by atoms with E-state index in [9.17, 15) is 13.2 Å². The quantitative estimate of drug-likeness (QED) is 0.738. The molecule has 146 valence electrons. The molecule has 2 aromatic carbocycles. The Hall–Kier alpha value is -1.80. The summed E-state index contributed by atoms with van der Waals surface area (Å²) in [7, 11) is -2.55. The van der Waals surface area contributed by atoms with Crippen molar-refractivity contribution in [3.63, 3.8) is 0 Å². The monoisotopic (exact) mass is 430 g/mol. The minimum Gasteiger partial charge on any atom is -0.495 e. The number of amides is 1. The van der Waals surface area contributed by atoms with Gasteiger partial charge in [-0.05, 0) is 57.2 Å². The number of carbonyl (C=O) groups is 1. The zero-order chi connectivity index (χ0) is 20.4. The van der Waals surface area contributed by atoms with Crippen molar-refractivity contribution in [2.45, 2.75) is 31.2 Å². The van der Waals surface area contributed by atoms with Crippen molar-refractivity contribution in [2.75, 3.05) is 12.4 Å². The molecule has 9 heteroatoms. The minimum absolute atomic E-state index is 0.126. The SMILES string of the molecule is COc1ccc(C(=O)Nc2cc(Cl)ccc2Cl)cc1S(=O)(=O)NC(C)(C)C. The topological polar surface area (TPSA) is 84.5 Å². The first-order valence-corrected chi connectivity index (χ1v) is 10.2. The standard InChI is InChI=1S/C18H20Cl2N2O4S/c1-18(2,3)22-27(24,25)16-9-11(5-8-15(16)26-4)17(23)21-14-10-12(19)6-7-13(14)20/h5-10,22H,1-4H3,(H,21,23). The molecule has 0 aromatic heterocycles. The second-order valence-corrected chi connectivity index (χ2v) is 9.29. The number of methoxy groups -OCH3 is 1. The van der Waals surface area contributed by atoms with Crippen molar-refractivity contribution in [2.24, 2.45) is 0 Å². The van der Waals surface area contributed by atoms with Crippen molar-refractivity contribution in [1.29, 1.82) is 0 Å². The van der Waals surface area contributed by atoms with Gasteiger partial charge in [-0.3, -0.25) is 4.79 Å². The maximum Gasteiger partial charge on any atom is 0.255 e. The zero-order valence-electron chi connectivity index (χ0n) is 15.3. The molecule has 0 atom stereocenters. The fraction of sp³-hybridized carbons (Fsp3) is 0.278. The summed E-state index contributed by atoms with van der Waals surface area (Å²) >= 11 is 12.0. The number of benzene rings is 2. The predicted molar refractivity (Wildman–Crippen MR) is 107 cm³/mol. The summed E-state index contributed by atoms with van der Waals surface area (Å²) in [4.78, 5) is 12.4. The van der Waals surface area contributed by atoms with Crippen LogP contribution >= 0.6 is 23.2 Å². The Morgan fingerprint density at radius 3 is 2.33 bits per heavy atom. The molecule has 2 aromatic rings. The summed E-state index contributed by atoms with van der Waals surface area (Å²) in [6, 6.07) is 8.78. The number of carbonyl (C=O) groups excluding carboxylic acids is 1. The van der Waals surface area contributed by atoms with E-state index in [-0.39, 0.29) is 16.2 Å². The van der Waals surface area contributed by atoms with Crippen molar-refractivity contribution < 1.29 is 17.9 Å². The van der Waals surface area contributed by atoms with E-state index in [2.05, 4.69) is 10.0 Å². The molecule has 0 unspecified atom stereocenters. The van der Waals surface area contributed by atoms with Crippen LogP contribution in [0.15, 0.2) is 41.3 Å². The summed E-state index contributed by atoms with van der Waals surface area (Å²) in [6.45, 7) is 5.15. The largest absolute Gasteiger partial charge is 0.495 e. The van der Waals surface area contributed by atoms with Gasteiger partial charge in [0, 0.05) is 16.1 Å². The first-order chi connectivity index (χ1) is 12.4. The molecule has 0 aliphatic carbocycles. The molecule has 0 aliphatic heterocycles. The molecular weight excluding hydrogens is 411 g/mol. The third-order valence-corrected chi connectivity index (χ3v) is 5.68. The molecule has 0 saturated carbocycles. The second kappa shape index (κ2) is 8.06. The molecule has 27 heavy (non-hydrogen) atoms. The molecule has 0 saturated heterocycles. The van der Waals surface area contributed by atoms with Gasteiger partial charge < -0.3 is 10.1 Å². The van der Waals surface area contributed by atoms with Gasteiger partial charge in [0.05, 0.1) is 17.8 Å². The number of ether oxygens (including phenoxy) is 1. The summed E-state index contributed by atoms with van der Waals surface area (Å²) in [5, 5.41) is 3.33. The van der Waals surface area contributed by atoms with Gasteiger partial charge in [0.15, 0.2) is 0 Å². The van der Waals surface area contributed by atoms with Crippen LogP contribution in [0.4, 0.5) is 5.69 Å². The molecule has 0 bridgehead atoms. The van der Waals surface area contributed by atoms with E-state index in [1.807, 2.05) is 0 Å². The van der Waals surface area contributed by atoms with E-state index < -0.39 is 21.5 Å². The molecule has 0 heterocycles. The van der Waals surface area contributed by atoms with Gasteiger partial charge in [-0.25, -0.2) is 13.1 Å². The van der Waals surface area contributed by atoms with Gasteiger partial charge in [-0.15, -0.1) is 0 Å². The van der Waals surface area contributed by atoms with Crippen LogP contribution in [0.25, 0.3) is 0 Å². The Bertz CT molecular complexity index is 970. The Kier molecular flexibility index (Phi) is 6.42. The third-order valence-electron chi connectivity index (χ3n) is 3.33. The van der Waals surface area contributed by atoms with Crippen molar-refractivity contribution >= 4 is 44.8 Å². The minimum atomic E-state index is -3.91. The van der Waals surface area contributed by atoms with Crippen LogP contribution in [-0.4, -0.2) is 27.0 Å². The molecule has 0 aliphatic rings. The molecule has 2 N–H and O–H groups in total. The molecule has 0 radical (unpaired) electrons. The number of hydrogen-bond acceptors (Lipinski definition) is 4. The van der Waals surface area contributed by atoms with E-state index in [1.165, 1.54) is 31.4 Å². The van der Waals surface area contributed by atoms with Gasteiger partial charge in [0.25, 0.3) is 5.91 Å². The maximum atomic E-state index is 12.7. The van der Waals surface area contributed by atoms with Gasteiger partial charge in [-0.1, -0.05) is 23.2 Å². The van der Waals surface area contributed by atoms with E-state index in [4.69, 9.17) is 27.9 Å². The highest BCUT2D eigenvalue weighted by Gasteiger charge is 2.26. The third kappa shape index (κ3) is 5.59. The summed E-state index contributed by atoms with van der Waals surface area (Å²) in [5.41, 5.74) is -0.250. The number of anilines is 1. The average molecular weight is 431 g/mol. The fourth-order valence-corrected chi connectivity index (χ4v) is 4.23. The van der Waals surface area contributed by atoms with E-state index >= 15 is 0 Å². The highest BCUT2D eigenvalue weighted by molar-refractivity contribution is 7.89. The first-order valence-electron chi connectivity index (χ1n) is 7.91. The Morgan fingerprint density at radius 1 is 1.07 bits per heavy atom. The average Bonchev–Trinajstić information content (AvgIpc) is 2.55. The second-order valence-electron chi connectivity index (χ2n) is 6.80. The lowest BCUT2D eigenvalue weighted by molar-refractivity contribution is 0.102. The van der Waals surface area contributed by atoms with Crippen LogP contribution in [0.2, 0.25) is 10.0 Å². The highest BCUT2D eigenvalue weighted by Crippen LogP contribution is 2.28. The Balaban J connectivity index is 2.41. The van der Waals surface area contributed by atoms with Crippen LogP contribution in [0.1, 0.15) is 31.1 Å². The van der Waals surface area contributed by atoms with Crippen LogP contribution in [0, 0.1) is 0 Å². The van der Waals surface area contributed by atoms with Gasteiger partial charge in [0.2, 0.25) is 10.0 Å². The lowest BCUT2D eigenvalue weighted by Crippen LogP contribution is -2.40. The number of rotatable bonds is 5. The molecule has 2 rings (SSSR count). The van der Waals surface area contributed by atoms with Gasteiger partial charge in [0.1, 0.15) is 10.6 Å². The lowest BCUT2D eigenvalue weighted by atomic mass is 10.1. The number of halogens is 2. The Labute approximate surface area is 168 Å². The first kappa shape index (κ1) is 21.5. The molecule has 1 amide bonds. The zero-order valence-corrected chi connectivity index (χ0v) is 17.6. The number of sulfonamides is 1. The van der Waals surface area contributed by atoms with Crippen molar-refractivity contribution in [3.8, 4) is 5.75 Å². The van der Waals surface area contributed by atoms with Crippen LogP contribution in [0.5, 0.6) is 5.75 Å². The van der Waals surface area contributed by atoms with E-state index in [0.29, 0.717) is 15.7 Å². The number of nitrogens with one attached hydrogen (secondary N) is 2. The van der Waals surface area contributed by atoms with Gasteiger partial charge in [-0.2, -0.15) is 0 Å². The summed E-state index contributed by atoms with van der Waals surface area (Å²) in [5.74, 6) is -0.405. The maximum absolute atomic E-state index is 12.7. The predicted octanol–water partition coefficient (Wildman–Crippen LogP) is 4.33. The van der Waals surface area contributed by atoms with E-state index in [1.54, 1.807) is 32.9 Å². The van der Waals surface area contributed by atoms with Crippen LogP contribution < -0.4 is 14.8 Å². The molecular formula is C18H20Cl2N2O4S. The smallest absolute Gasteiger partial charge is 0.255 e. The molecule has 0 spiro atoms. The Morgan fingerprint density at radius 2 is 1.74 bits per heavy atom. The highest BCUT2D eigenvalue weighted by atomic mass is 35.5. The molecule has 6 nitrogen and oxygen atoms in total. The van der Waals surface area contributed by atoms with E-state index in [0.717, 1.165) is 0 Å². The normalized spacial score (nSPS) is 11.9. The lowest BCUT2D eigenvalue weighted by Gasteiger charge is -2.21.